The molecular weight excluding hydrogens is 352 g/mol. The van der Waals surface area contributed by atoms with Crippen molar-refractivity contribution in [1.82, 2.24) is 15.5 Å². The lowest BCUT2D eigenvalue weighted by Crippen LogP contribution is -2.53. The van der Waals surface area contributed by atoms with Crippen LogP contribution in [0.2, 0.25) is 0 Å². The number of hydrogen-bond donors (Lipinski definition) is 2. The lowest BCUT2D eigenvalue weighted by atomic mass is 10.1. The Bertz CT molecular complexity index is 684. The molecule has 0 spiro atoms. The summed E-state index contributed by atoms with van der Waals surface area (Å²) in [6.07, 6.45) is 0.986. The molecule has 2 N–H and O–H groups in total. The number of para-hydroxylation sites is 1. The molecule has 0 saturated carbocycles. The number of benzene rings is 2. The molecule has 5 heteroatoms. The number of anilines is 1. The van der Waals surface area contributed by atoms with Crippen LogP contribution in [0.4, 0.5) is 5.69 Å². The Morgan fingerprint density at radius 2 is 1.56 bits per heavy atom. The van der Waals surface area contributed by atoms with E-state index in [9.17, 15) is 0 Å². The monoisotopic (exact) mass is 382 g/mol. The minimum Gasteiger partial charge on any atom is -0.369 e. The molecule has 0 radical (unpaired) electrons. The highest BCUT2D eigenvalue weighted by atomic mass is 32.1. The maximum atomic E-state index is 5.42. The van der Waals surface area contributed by atoms with E-state index in [-0.39, 0.29) is 0 Å². The topological polar surface area (TPSA) is 30.5 Å². The van der Waals surface area contributed by atoms with Crippen LogP contribution in [0.5, 0.6) is 0 Å². The molecule has 1 aliphatic rings. The van der Waals surface area contributed by atoms with Gasteiger partial charge in [0.1, 0.15) is 0 Å². The molecule has 0 bridgehead atoms. The van der Waals surface area contributed by atoms with Gasteiger partial charge in [0.15, 0.2) is 5.11 Å². The molecule has 0 aromatic heterocycles. The zero-order valence-electron chi connectivity index (χ0n) is 16.1. The summed E-state index contributed by atoms with van der Waals surface area (Å²) >= 11 is 5.42. The summed E-state index contributed by atoms with van der Waals surface area (Å²) in [5.74, 6) is 0. The third-order valence-electron chi connectivity index (χ3n) is 5.16. The molecule has 144 valence electrons. The van der Waals surface area contributed by atoms with Crippen LogP contribution in [0.1, 0.15) is 12.5 Å². The lowest BCUT2D eigenvalue weighted by molar-refractivity contribution is 0.197. The lowest BCUT2D eigenvalue weighted by Gasteiger charge is -2.39. The van der Waals surface area contributed by atoms with Crippen LogP contribution in [0, 0.1) is 0 Å². The zero-order chi connectivity index (χ0) is 18.9. The molecule has 27 heavy (non-hydrogen) atoms. The van der Waals surface area contributed by atoms with Gasteiger partial charge in [0.25, 0.3) is 0 Å². The van der Waals surface area contributed by atoms with E-state index in [1.165, 1.54) is 11.3 Å². The smallest absolute Gasteiger partial charge is 0.166 e. The molecule has 1 saturated heterocycles. The summed E-state index contributed by atoms with van der Waals surface area (Å²) in [6, 6.07) is 21.6. The first-order valence-electron chi connectivity index (χ1n) is 9.82. The summed E-state index contributed by atoms with van der Waals surface area (Å²) in [5, 5.41) is 7.44. The average Bonchev–Trinajstić information content (AvgIpc) is 2.73. The van der Waals surface area contributed by atoms with Gasteiger partial charge in [0.2, 0.25) is 0 Å². The molecule has 0 amide bonds. The summed E-state index contributed by atoms with van der Waals surface area (Å²) in [4.78, 5) is 5.01. The summed E-state index contributed by atoms with van der Waals surface area (Å²) in [6.45, 7) is 8.35. The van der Waals surface area contributed by atoms with E-state index in [0.29, 0.717) is 6.04 Å². The first kappa shape index (κ1) is 19.6. The van der Waals surface area contributed by atoms with Gasteiger partial charge < -0.3 is 15.5 Å². The number of nitrogens with zero attached hydrogens (tertiary/aromatic N) is 2. The fraction of sp³-hybridized carbons (Fsp3) is 0.409. The fourth-order valence-electron chi connectivity index (χ4n) is 3.46. The van der Waals surface area contributed by atoms with E-state index < -0.39 is 0 Å². The highest BCUT2D eigenvalue weighted by Gasteiger charge is 2.21. The predicted octanol–water partition coefficient (Wildman–Crippen LogP) is 2.90. The Balaban J connectivity index is 1.32. The Kier molecular flexibility index (Phi) is 7.48. The first-order valence-corrected chi connectivity index (χ1v) is 10.2. The minimum absolute atomic E-state index is 0.469. The van der Waals surface area contributed by atoms with Crippen LogP contribution < -0.4 is 15.5 Å². The van der Waals surface area contributed by atoms with Crippen LogP contribution in [0.3, 0.4) is 0 Å². The van der Waals surface area contributed by atoms with Gasteiger partial charge in [0.05, 0.1) is 0 Å². The van der Waals surface area contributed by atoms with Crippen molar-refractivity contribution in [2.75, 3.05) is 44.2 Å². The van der Waals surface area contributed by atoms with E-state index >= 15 is 0 Å². The largest absolute Gasteiger partial charge is 0.369 e. The van der Waals surface area contributed by atoms with Crippen LogP contribution in [-0.2, 0) is 6.42 Å². The second-order valence-corrected chi connectivity index (χ2v) is 7.49. The van der Waals surface area contributed by atoms with Gasteiger partial charge >= 0.3 is 0 Å². The molecule has 1 aliphatic heterocycles. The summed E-state index contributed by atoms with van der Waals surface area (Å²) in [5.41, 5.74) is 2.66. The second-order valence-electron chi connectivity index (χ2n) is 7.08. The van der Waals surface area contributed by atoms with Crippen LogP contribution in [0.15, 0.2) is 60.7 Å². The Morgan fingerprint density at radius 1 is 0.926 bits per heavy atom. The first-order chi connectivity index (χ1) is 13.2. The van der Waals surface area contributed by atoms with E-state index in [1.54, 1.807) is 0 Å². The van der Waals surface area contributed by atoms with Crippen molar-refractivity contribution in [2.45, 2.75) is 19.4 Å². The molecule has 1 fully saturated rings. The van der Waals surface area contributed by atoms with Gasteiger partial charge in [-0.2, -0.15) is 0 Å². The van der Waals surface area contributed by atoms with Gasteiger partial charge in [0, 0.05) is 51.0 Å². The third kappa shape index (κ3) is 6.22. The number of thiocarbonyl (C=S) groups is 1. The second kappa shape index (κ2) is 10.3. The number of rotatable bonds is 7. The van der Waals surface area contributed by atoms with Crippen LogP contribution in [0.25, 0.3) is 0 Å². The summed E-state index contributed by atoms with van der Waals surface area (Å²) in [7, 11) is 0. The van der Waals surface area contributed by atoms with E-state index in [1.807, 2.05) is 6.07 Å². The molecule has 0 aliphatic carbocycles. The van der Waals surface area contributed by atoms with Gasteiger partial charge in [-0.1, -0.05) is 48.5 Å². The van der Waals surface area contributed by atoms with Crippen LogP contribution >= 0.6 is 12.2 Å². The molecule has 2 aromatic rings. The van der Waals surface area contributed by atoms with Crippen molar-refractivity contribution in [3.8, 4) is 0 Å². The molecule has 1 atom stereocenters. The molecular formula is C22H30N4S. The minimum atomic E-state index is 0.469. The number of hydrogen-bond acceptors (Lipinski definition) is 3. The Hall–Kier alpha value is -2.11. The normalized spacial score (nSPS) is 16.0. The average molecular weight is 383 g/mol. The molecule has 2 aromatic carbocycles. The number of nitrogens with one attached hydrogen (secondary N) is 2. The van der Waals surface area contributed by atoms with Crippen molar-refractivity contribution in [3.63, 3.8) is 0 Å². The van der Waals surface area contributed by atoms with E-state index in [4.69, 9.17) is 12.2 Å². The summed E-state index contributed by atoms with van der Waals surface area (Å²) < 4.78 is 0. The quantitative estimate of drug-likeness (QED) is 0.719. The van der Waals surface area contributed by atoms with E-state index in [0.717, 1.165) is 50.8 Å². The third-order valence-corrected chi connectivity index (χ3v) is 5.45. The van der Waals surface area contributed by atoms with Gasteiger partial charge in [-0.15, -0.1) is 0 Å². The highest BCUT2D eigenvalue weighted by Crippen LogP contribution is 2.16. The van der Waals surface area contributed by atoms with Crippen molar-refractivity contribution >= 4 is 23.0 Å². The molecule has 3 rings (SSSR count). The van der Waals surface area contributed by atoms with Crippen molar-refractivity contribution in [1.29, 1.82) is 0 Å². The van der Waals surface area contributed by atoms with Crippen molar-refractivity contribution < 1.29 is 0 Å². The van der Waals surface area contributed by atoms with E-state index in [2.05, 4.69) is 82.0 Å². The Labute approximate surface area is 168 Å². The van der Waals surface area contributed by atoms with Gasteiger partial charge in [-0.3, -0.25) is 4.90 Å². The number of piperazine rings is 1. The zero-order valence-corrected chi connectivity index (χ0v) is 16.9. The highest BCUT2D eigenvalue weighted by molar-refractivity contribution is 7.80. The standard InChI is InChI=1S/C22H30N4S/c1-19(18-24-22(27)23-13-12-20-8-4-2-5-9-20)25-14-16-26(17-15-25)21-10-6-3-7-11-21/h2-11,19H,12-18H2,1H3,(H2,23,24,27)/t19-/m1/s1. The van der Waals surface area contributed by atoms with Crippen LogP contribution in [-0.4, -0.2) is 55.3 Å². The maximum Gasteiger partial charge on any atom is 0.166 e. The van der Waals surface area contributed by atoms with Crippen molar-refractivity contribution in [3.05, 3.63) is 66.2 Å². The Morgan fingerprint density at radius 3 is 2.22 bits per heavy atom. The molecule has 1 heterocycles. The predicted molar refractivity (Wildman–Crippen MR) is 118 cm³/mol. The van der Waals surface area contributed by atoms with Crippen molar-refractivity contribution in [2.24, 2.45) is 0 Å². The van der Waals surface area contributed by atoms with Gasteiger partial charge in [-0.25, -0.2) is 0 Å². The molecule has 0 unspecified atom stereocenters. The SMILES string of the molecule is C[C@H](CNC(=S)NCCc1ccccc1)N1CCN(c2ccccc2)CC1. The fourth-order valence-corrected chi connectivity index (χ4v) is 3.64. The van der Waals surface area contributed by atoms with Gasteiger partial charge in [-0.05, 0) is 43.3 Å². The molecule has 4 nitrogen and oxygen atoms in total. The maximum absolute atomic E-state index is 5.42.